The van der Waals surface area contributed by atoms with Gasteiger partial charge >= 0.3 is 0 Å². The number of anilines is 1. The van der Waals surface area contributed by atoms with Crippen molar-refractivity contribution in [3.8, 4) is 0 Å². The number of benzene rings is 1. The summed E-state index contributed by atoms with van der Waals surface area (Å²) in [6.07, 6.45) is 0. The van der Waals surface area contributed by atoms with Gasteiger partial charge in [-0.1, -0.05) is 23.2 Å². The molecule has 20 heavy (non-hydrogen) atoms. The number of halogens is 2. The first-order valence-corrected chi connectivity index (χ1v) is 6.13. The van der Waals surface area contributed by atoms with E-state index >= 15 is 0 Å². The number of hydrogen-bond acceptors (Lipinski definition) is 4. The van der Waals surface area contributed by atoms with Gasteiger partial charge in [0, 0.05) is 5.56 Å². The van der Waals surface area contributed by atoms with E-state index < -0.39 is 11.8 Å². The molecule has 8 heteroatoms. The number of carbonyl (C=O) groups is 2. The van der Waals surface area contributed by atoms with Crippen molar-refractivity contribution in [1.29, 1.82) is 0 Å². The molecule has 102 valence electrons. The van der Waals surface area contributed by atoms with Crippen molar-refractivity contribution in [3.05, 3.63) is 51.8 Å². The third-order valence-electron chi connectivity index (χ3n) is 2.36. The van der Waals surface area contributed by atoms with Gasteiger partial charge in [0.25, 0.3) is 5.91 Å². The normalized spacial score (nSPS) is 10.1. The Morgan fingerprint density at radius 2 is 1.85 bits per heavy atom. The van der Waals surface area contributed by atoms with Crippen molar-refractivity contribution in [3.63, 3.8) is 0 Å². The van der Waals surface area contributed by atoms with Crippen LogP contribution in [0.4, 0.5) is 5.69 Å². The molecular formula is C12H8Cl2N4O2. The van der Waals surface area contributed by atoms with E-state index in [-0.39, 0.29) is 27.1 Å². The summed E-state index contributed by atoms with van der Waals surface area (Å²) in [6.45, 7) is 0. The Morgan fingerprint density at radius 1 is 1.10 bits per heavy atom. The zero-order valence-corrected chi connectivity index (χ0v) is 11.4. The Bertz CT molecular complexity index is 674. The minimum Gasteiger partial charge on any atom is -0.366 e. The molecule has 2 rings (SSSR count). The van der Waals surface area contributed by atoms with Gasteiger partial charge < -0.3 is 11.1 Å². The molecule has 1 aromatic carbocycles. The summed E-state index contributed by atoms with van der Waals surface area (Å²) >= 11 is 11.5. The Labute approximate surface area is 123 Å². The van der Waals surface area contributed by atoms with Crippen molar-refractivity contribution >= 4 is 40.7 Å². The van der Waals surface area contributed by atoms with Crippen molar-refractivity contribution in [2.24, 2.45) is 5.73 Å². The van der Waals surface area contributed by atoms with Gasteiger partial charge in [-0.05, 0) is 30.3 Å². The standard InChI is InChI=1S/C12H8Cl2N4O2/c13-7-2-1-6(11(15)19)5-9(7)16-12(20)8-3-4-10(14)18-17-8/h1-5H,(H2,15,19)(H,16,20). The van der Waals surface area contributed by atoms with Gasteiger partial charge in [0.1, 0.15) is 0 Å². The van der Waals surface area contributed by atoms with Crippen LogP contribution in [0.2, 0.25) is 10.2 Å². The summed E-state index contributed by atoms with van der Waals surface area (Å²) in [5.41, 5.74) is 5.71. The molecule has 0 bridgehead atoms. The lowest BCUT2D eigenvalue weighted by Crippen LogP contribution is -2.16. The fourth-order valence-electron chi connectivity index (χ4n) is 1.40. The summed E-state index contributed by atoms with van der Waals surface area (Å²) in [7, 11) is 0. The first-order chi connectivity index (χ1) is 9.47. The quantitative estimate of drug-likeness (QED) is 0.907. The van der Waals surface area contributed by atoms with E-state index in [2.05, 4.69) is 15.5 Å². The second-order valence-electron chi connectivity index (χ2n) is 3.75. The number of amides is 2. The van der Waals surface area contributed by atoms with E-state index in [4.69, 9.17) is 28.9 Å². The summed E-state index contributed by atoms with van der Waals surface area (Å²) in [5.74, 6) is -1.15. The van der Waals surface area contributed by atoms with Gasteiger partial charge in [-0.15, -0.1) is 10.2 Å². The van der Waals surface area contributed by atoms with Crippen LogP contribution in [-0.4, -0.2) is 22.0 Å². The molecule has 2 aromatic rings. The highest BCUT2D eigenvalue weighted by Crippen LogP contribution is 2.23. The van der Waals surface area contributed by atoms with Gasteiger partial charge in [0.15, 0.2) is 10.8 Å². The number of aromatic nitrogens is 2. The van der Waals surface area contributed by atoms with Crippen molar-refractivity contribution < 1.29 is 9.59 Å². The van der Waals surface area contributed by atoms with Crippen LogP contribution in [0, 0.1) is 0 Å². The van der Waals surface area contributed by atoms with E-state index in [0.717, 1.165) is 0 Å². The molecule has 0 atom stereocenters. The van der Waals surface area contributed by atoms with Gasteiger partial charge in [-0.3, -0.25) is 9.59 Å². The Kier molecular flexibility index (Phi) is 4.16. The highest BCUT2D eigenvalue weighted by atomic mass is 35.5. The lowest BCUT2D eigenvalue weighted by molar-refractivity contribution is 0.0995. The van der Waals surface area contributed by atoms with E-state index in [0.29, 0.717) is 0 Å². The van der Waals surface area contributed by atoms with Gasteiger partial charge in [-0.25, -0.2) is 0 Å². The summed E-state index contributed by atoms with van der Waals surface area (Å²) in [6, 6.07) is 7.15. The number of primary amides is 1. The predicted molar refractivity (Wildman–Crippen MR) is 75.0 cm³/mol. The molecule has 0 saturated carbocycles. The molecular weight excluding hydrogens is 303 g/mol. The van der Waals surface area contributed by atoms with Crippen LogP contribution in [0.5, 0.6) is 0 Å². The first-order valence-electron chi connectivity index (χ1n) is 5.37. The molecule has 0 unspecified atom stereocenters. The van der Waals surface area contributed by atoms with E-state index in [1.165, 1.54) is 30.3 Å². The second-order valence-corrected chi connectivity index (χ2v) is 4.55. The average Bonchev–Trinajstić information content (AvgIpc) is 2.41. The highest BCUT2D eigenvalue weighted by Gasteiger charge is 2.12. The van der Waals surface area contributed by atoms with Crippen LogP contribution in [0.1, 0.15) is 20.8 Å². The number of rotatable bonds is 3. The molecule has 0 aliphatic rings. The summed E-state index contributed by atoms with van der Waals surface area (Å²) < 4.78 is 0. The molecule has 1 aromatic heterocycles. The van der Waals surface area contributed by atoms with Gasteiger partial charge in [0.05, 0.1) is 10.7 Å². The summed E-state index contributed by atoms with van der Waals surface area (Å²) in [5, 5.41) is 10.2. The largest absolute Gasteiger partial charge is 0.366 e. The monoisotopic (exact) mass is 310 g/mol. The molecule has 1 heterocycles. The van der Waals surface area contributed by atoms with Crippen LogP contribution in [0.25, 0.3) is 0 Å². The zero-order valence-electron chi connectivity index (χ0n) is 9.93. The predicted octanol–water partition coefficient (Wildman–Crippen LogP) is 2.13. The van der Waals surface area contributed by atoms with E-state index in [1.807, 2.05) is 0 Å². The molecule has 2 amide bonds. The highest BCUT2D eigenvalue weighted by molar-refractivity contribution is 6.34. The minimum absolute atomic E-state index is 0.0648. The van der Waals surface area contributed by atoms with Crippen LogP contribution in [0.3, 0.4) is 0 Å². The number of nitrogens with two attached hydrogens (primary N) is 1. The maximum absolute atomic E-state index is 11.9. The topological polar surface area (TPSA) is 98.0 Å². The molecule has 0 aliphatic heterocycles. The number of nitrogens with one attached hydrogen (secondary N) is 1. The number of carbonyl (C=O) groups excluding carboxylic acids is 2. The molecule has 0 saturated heterocycles. The van der Waals surface area contributed by atoms with Crippen LogP contribution in [0.15, 0.2) is 30.3 Å². The Balaban J connectivity index is 2.25. The Hall–Kier alpha value is -2.18. The summed E-state index contributed by atoms with van der Waals surface area (Å²) in [4.78, 5) is 23.0. The third kappa shape index (κ3) is 3.23. The second kappa shape index (κ2) is 5.85. The molecule has 3 N–H and O–H groups in total. The first kappa shape index (κ1) is 14.2. The molecule has 0 aliphatic carbocycles. The third-order valence-corrected chi connectivity index (χ3v) is 2.89. The fourth-order valence-corrected chi connectivity index (χ4v) is 1.66. The molecule has 6 nitrogen and oxygen atoms in total. The molecule has 0 spiro atoms. The lowest BCUT2D eigenvalue weighted by atomic mass is 10.2. The fraction of sp³-hybridized carbons (Fsp3) is 0. The number of hydrogen-bond donors (Lipinski definition) is 2. The minimum atomic E-state index is -0.622. The molecule has 0 fully saturated rings. The van der Waals surface area contributed by atoms with Crippen molar-refractivity contribution in [2.45, 2.75) is 0 Å². The maximum atomic E-state index is 11.9. The lowest BCUT2D eigenvalue weighted by Gasteiger charge is -2.07. The van der Waals surface area contributed by atoms with Crippen molar-refractivity contribution in [1.82, 2.24) is 10.2 Å². The maximum Gasteiger partial charge on any atom is 0.276 e. The Morgan fingerprint density at radius 3 is 2.45 bits per heavy atom. The zero-order chi connectivity index (χ0) is 14.7. The van der Waals surface area contributed by atoms with Crippen LogP contribution < -0.4 is 11.1 Å². The SMILES string of the molecule is NC(=O)c1ccc(Cl)c(NC(=O)c2ccc(Cl)nn2)c1. The smallest absolute Gasteiger partial charge is 0.276 e. The van der Waals surface area contributed by atoms with E-state index in [9.17, 15) is 9.59 Å². The van der Waals surface area contributed by atoms with Crippen molar-refractivity contribution in [2.75, 3.05) is 5.32 Å². The van der Waals surface area contributed by atoms with Crippen LogP contribution in [-0.2, 0) is 0 Å². The van der Waals surface area contributed by atoms with Crippen LogP contribution >= 0.6 is 23.2 Å². The number of nitrogens with zero attached hydrogens (tertiary/aromatic N) is 2. The van der Waals surface area contributed by atoms with Gasteiger partial charge in [-0.2, -0.15) is 0 Å². The van der Waals surface area contributed by atoms with E-state index in [1.54, 1.807) is 0 Å². The average molecular weight is 311 g/mol. The van der Waals surface area contributed by atoms with Gasteiger partial charge in [0.2, 0.25) is 5.91 Å². The molecule has 0 radical (unpaired) electrons.